The number of esters is 1. The summed E-state index contributed by atoms with van der Waals surface area (Å²) in [6, 6.07) is 11.5. The fourth-order valence-electron chi connectivity index (χ4n) is 4.48. The largest absolute Gasteiger partial charge is 0.453 e. The van der Waals surface area contributed by atoms with Crippen molar-refractivity contribution < 1.29 is 22.7 Å². The first-order chi connectivity index (χ1) is 15.2. The normalized spacial score (nSPS) is 17.9. The summed E-state index contributed by atoms with van der Waals surface area (Å²) in [6.07, 6.45) is 0.547. The Labute approximate surface area is 193 Å². The fraction of sp³-hybridized carbons (Fsp3) is 0.304. The number of fused-ring (bicyclic) bond motifs is 3. The quantitative estimate of drug-likeness (QED) is 0.294. The summed E-state index contributed by atoms with van der Waals surface area (Å²) in [6.45, 7) is 3.33. The maximum Gasteiger partial charge on any atom is 0.348 e. The molecule has 9 heteroatoms. The molecule has 0 spiro atoms. The van der Waals surface area contributed by atoms with E-state index in [9.17, 15) is 18.0 Å². The van der Waals surface area contributed by atoms with Crippen LogP contribution in [0.3, 0.4) is 0 Å². The predicted octanol–water partition coefficient (Wildman–Crippen LogP) is 4.93. The number of nitrogens with zero attached hydrogens (tertiary/aromatic N) is 1. The van der Waals surface area contributed by atoms with Crippen LogP contribution in [0.25, 0.3) is 19.5 Å². The highest BCUT2D eigenvalue weighted by atomic mass is 32.2. The van der Waals surface area contributed by atoms with Crippen molar-refractivity contribution in [3.05, 3.63) is 58.2 Å². The number of hydrogen-bond acceptors (Lipinski definition) is 7. The Hall–Kier alpha value is -2.49. The number of thiophene rings is 2. The number of aromatic nitrogens is 1. The molecule has 3 aromatic heterocycles. The highest BCUT2D eigenvalue weighted by Crippen LogP contribution is 2.39. The molecule has 1 atom stereocenters. The van der Waals surface area contributed by atoms with Crippen LogP contribution in [0.2, 0.25) is 0 Å². The van der Waals surface area contributed by atoms with E-state index in [0.717, 1.165) is 20.5 Å². The van der Waals surface area contributed by atoms with Crippen molar-refractivity contribution in [1.29, 1.82) is 0 Å². The van der Waals surface area contributed by atoms with Crippen molar-refractivity contribution in [2.24, 2.45) is 0 Å². The number of benzene rings is 1. The topological polar surface area (TPSA) is 82.4 Å². The smallest absolute Gasteiger partial charge is 0.348 e. The van der Waals surface area contributed by atoms with Gasteiger partial charge in [-0.15, -0.1) is 22.7 Å². The summed E-state index contributed by atoms with van der Waals surface area (Å²) >= 11 is 3.01. The number of carbonyl (C=O) groups excluding carboxylic acids is 2. The summed E-state index contributed by atoms with van der Waals surface area (Å²) in [5.74, 6) is -0.534. The number of Topliss-reactive ketones (excluding diaryl/α,β-unsaturated/α-hetero) is 1. The Bertz CT molecular complexity index is 1490. The second-order valence-corrected chi connectivity index (χ2v) is 12.5. The van der Waals surface area contributed by atoms with E-state index in [4.69, 9.17) is 4.74 Å². The van der Waals surface area contributed by atoms with Gasteiger partial charge in [0.25, 0.3) is 0 Å². The average Bonchev–Trinajstić information content (AvgIpc) is 3.47. The Balaban J connectivity index is 1.31. The Morgan fingerprint density at radius 2 is 1.91 bits per heavy atom. The van der Waals surface area contributed by atoms with Crippen LogP contribution in [0, 0.1) is 13.8 Å². The number of rotatable bonds is 5. The summed E-state index contributed by atoms with van der Waals surface area (Å²) in [5.41, 5.74) is 2.02. The van der Waals surface area contributed by atoms with Gasteiger partial charge in [-0.3, -0.25) is 4.79 Å². The van der Waals surface area contributed by atoms with Crippen LogP contribution in [-0.4, -0.2) is 42.9 Å². The third-order valence-electron chi connectivity index (χ3n) is 5.94. The maximum absolute atomic E-state index is 12.8. The molecule has 32 heavy (non-hydrogen) atoms. The molecule has 166 valence electrons. The molecule has 0 amide bonds. The third kappa shape index (κ3) is 3.68. The van der Waals surface area contributed by atoms with E-state index in [2.05, 4.69) is 6.07 Å². The maximum atomic E-state index is 12.8. The lowest BCUT2D eigenvalue weighted by molar-refractivity contribution is 0.0479. The molecule has 4 aromatic rings. The van der Waals surface area contributed by atoms with E-state index >= 15 is 0 Å². The van der Waals surface area contributed by atoms with Crippen LogP contribution in [0.4, 0.5) is 0 Å². The minimum atomic E-state index is -3.03. The molecule has 5 rings (SSSR count). The fourth-order valence-corrected chi connectivity index (χ4v) is 8.60. The van der Waals surface area contributed by atoms with Gasteiger partial charge in [-0.25, -0.2) is 13.2 Å². The number of hydrogen-bond donors (Lipinski definition) is 0. The molecule has 0 radical (unpaired) electrons. The minimum Gasteiger partial charge on any atom is -0.453 e. The number of ether oxygens (including phenoxy) is 1. The van der Waals surface area contributed by atoms with Crippen LogP contribution in [0.1, 0.15) is 43.9 Å². The van der Waals surface area contributed by atoms with Gasteiger partial charge >= 0.3 is 5.97 Å². The molecule has 1 aliphatic heterocycles. The van der Waals surface area contributed by atoms with Gasteiger partial charge in [0.15, 0.2) is 16.4 Å². The van der Waals surface area contributed by atoms with Gasteiger partial charge in [0.1, 0.15) is 4.88 Å². The molecule has 1 aliphatic rings. The van der Waals surface area contributed by atoms with Crippen LogP contribution < -0.4 is 0 Å². The lowest BCUT2D eigenvalue weighted by Gasteiger charge is -2.16. The van der Waals surface area contributed by atoms with Crippen molar-refractivity contribution in [1.82, 2.24) is 4.57 Å². The predicted molar refractivity (Wildman–Crippen MR) is 128 cm³/mol. The molecule has 0 saturated carbocycles. The van der Waals surface area contributed by atoms with Gasteiger partial charge in [0.05, 0.1) is 16.2 Å². The van der Waals surface area contributed by atoms with Gasteiger partial charge in [-0.1, -0.05) is 18.2 Å². The van der Waals surface area contributed by atoms with E-state index in [1.54, 1.807) is 17.4 Å². The van der Waals surface area contributed by atoms with Gasteiger partial charge in [-0.2, -0.15) is 0 Å². The number of carbonyl (C=O) groups is 2. The summed E-state index contributed by atoms with van der Waals surface area (Å²) in [5, 5.41) is 1.12. The van der Waals surface area contributed by atoms with Crippen LogP contribution in [-0.2, 0) is 14.6 Å². The molecule has 1 saturated heterocycles. The van der Waals surface area contributed by atoms with Gasteiger partial charge in [-0.05, 0) is 38.5 Å². The lowest BCUT2D eigenvalue weighted by Crippen LogP contribution is -2.16. The Morgan fingerprint density at radius 3 is 2.66 bits per heavy atom. The van der Waals surface area contributed by atoms with Gasteiger partial charge in [0.2, 0.25) is 5.78 Å². The highest BCUT2D eigenvalue weighted by molar-refractivity contribution is 7.91. The van der Waals surface area contributed by atoms with Crippen molar-refractivity contribution >= 4 is 63.7 Å². The first-order valence-electron chi connectivity index (χ1n) is 10.2. The molecular weight excluding hydrogens is 466 g/mol. The van der Waals surface area contributed by atoms with Crippen molar-refractivity contribution in [2.45, 2.75) is 26.3 Å². The summed E-state index contributed by atoms with van der Waals surface area (Å²) in [7, 11) is -3.03. The second kappa shape index (κ2) is 7.83. The highest BCUT2D eigenvalue weighted by Gasteiger charge is 2.31. The molecule has 6 nitrogen and oxygen atoms in total. The minimum absolute atomic E-state index is 0.0934. The van der Waals surface area contributed by atoms with Crippen molar-refractivity contribution in [2.75, 3.05) is 18.1 Å². The van der Waals surface area contributed by atoms with E-state index in [1.165, 1.54) is 16.0 Å². The molecule has 0 N–H and O–H groups in total. The zero-order chi connectivity index (χ0) is 22.6. The zero-order valence-electron chi connectivity index (χ0n) is 17.6. The number of ketones is 1. The molecule has 1 aromatic carbocycles. The van der Waals surface area contributed by atoms with Crippen molar-refractivity contribution in [3.8, 4) is 0 Å². The third-order valence-corrected chi connectivity index (χ3v) is 10.1. The summed E-state index contributed by atoms with van der Waals surface area (Å²) < 4.78 is 34.3. The first-order valence-corrected chi connectivity index (χ1v) is 13.7. The molecular formula is C23H21NO5S3. The summed E-state index contributed by atoms with van der Waals surface area (Å²) in [4.78, 5) is 25.9. The zero-order valence-corrected chi connectivity index (χ0v) is 20.0. The first kappa shape index (κ1) is 21.4. The van der Waals surface area contributed by atoms with Crippen LogP contribution >= 0.6 is 22.7 Å². The van der Waals surface area contributed by atoms with Crippen LogP contribution in [0.15, 0.2) is 36.4 Å². The molecule has 1 unspecified atom stereocenters. The van der Waals surface area contributed by atoms with E-state index in [-0.39, 0.29) is 29.9 Å². The Morgan fingerprint density at radius 1 is 1.12 bits per heavy atom. The lowest BCUT2D eigenvalue weighted by atomic mass is 10.1. The SMILES string of the molecule is Cc1cc(C(=O)COC(=O)c2cc3sc4ccccc4c3s2)c(C)n1C1CCS(=O)(=O)C1. The molecule has 0 bridgehead atoms. The van der Waals surface area contributed by atoms with Gasteiger partial charge < -0.3 is 9.30 Å². The average molecular weight is 488 g/mol. The van der Waals surface area contributed by atoms with Gasteiger partial charge in [0, 0.05) is 37.8 Å². The van der Waals surface area contributed by atoms with Crippen LogP contribution in [0.5, 0.6) is 0 Å². The monoisotopic (exact) mass is 487 g/mol. The van der Waals surface area contributed by atoms with E-state index in [1.807, 2.05) is 42.7 Å². The van der Waals surface area contributed by atoms with Crippen molar-refractivity contribution in [3.63, 3.8) is 0 Å². The molecule has 0 aliphatic carbocycles. The van der Waals surface area contributed by atoms with E-state index < -0.39 is 15.8 Å². The number of aryl methyl sites for hydroxylation is 1. The second-order valence-electron chi connectivity index (χ2n) is 8.11. The molecule has 4 heterocycles. The Kier molecular flexibility index (Phi) is 5.22. The standard InChI is InChI=1S/C23H21NO5S3/c1-13-9-17(14(2)24(13)15-7-8-32(27,28)12-15)18(25)11-29-23(26)21-10-20-22(31-21)16-5-3-4-6-19(16)30-20/h3-6,9-10,15H,7-8,11-12H2,1-2H3. The number of sulfone groups is 1. The van der Waals surface area contributed by atoms with E-state index in [0.29, 0.717) is 22.6 Å². The molecule has 1 fully saturated rings.